The van der Waals surface area contributed by atoms with Crippen molar-refractivity contribution in [3.63, 3.8) is 0 Å². The molecule has 1 atom stereocenters. The van der Waals surface area contributed by atoms with Gasteiger partial charge in [-0.25, -0.2) is 4.79 Å². The van der Waals surface area contributed by atoms with Crippen molar-refractivity contribution < 1.29 is 28.5 Å². The fraction of sp³-hybridized carbons (Fsp3) is 0.929. The Morgan fingerprint density at radius 3 is 1.78 bits per heavy atom. The smallest absolute Gasteiger partial charge is 0.475 e. The second kappa shape index (κ2) is 14.4. The van der Waals surface area contributed by atoms with E-state index in [2.05, 4.69) is 20.8 Å². The van der Waals surface area contributed by atoms with E-state index in [9.17, 15) is 13.2 Å². The topological polar surface area (TPSA) is 68.8 Å². The fourth-order valence-corrected chi connectivity index (χ4v) is 8.60. The molecule has 0 spiro atoms. The Kier molecular flexibility index (Phi) is 17.4. The summed E-state index contributed by atoms with van der Waals surface area (Å²) in [6.45, 7) is 7.30. The van der Waals surface area contributed by atoms with Crippen molar-refractivity contribution in [3.8, 4) is 0 Å². The Labute approximate surface area is 147 Å². The number of alkyl halides is 5. The van der Waals surface area contributed by atoms with Crippen LogP contribution >= 0.6 is 23.2 Å². The Morgan fingerprint density at radius 2 is 1.57 bits per heavy atom. The maximum atomic E-state index is 10.6. The van der Waals surface area contributed by atoms with Crippen LogP contribution in [-0.4, -0.2) is 36.1 Å². The van der Waals surface area contributed by atoms with Gasteiger partial charge in [-0.2, -0.15) is 13.2 Å². The molecule has 1 heterocycles. The molecule has 0 amide bonds. The van der Waals surface area contributed by atoms with Crippen LogP contribution in [0.4, 0.5) is 13.2 Å². The van der Waals surface area contributed by atoms with E-state index in [0.717, 1.165) is 0 Å². The van der Waals surface area contributed by atoms with E-state index in [4.69, 9.17) is 33.1 Å². The number of hydrogen-bond acceptors (Lipinski definition) is 1. The first-order chi connectivity index (χ1) is 10.1. The van der Waals surface area contributed by atoms with Crippen molar-refractivity contribution >= 4 is 37.2 Å². The number of hydrogen-bond donors (Lipinski definition) is 1. The summed E-state index contributed by atoms with van der Waals surface area (Å²) in [4.78, 5) is 8.90. The van der Waals surface area contributed by atoms with Gasteiger partial charge in [0.05, 0.1) is 13.4 Å². The lowest BCUT2D eigenvalue weighted by Gasteiger charge is -2.41. The summed E-state index contributed by atoms with van der Waals surface area (Å²) in [5.41, 5.74) is 1.17. The van der Waals surface area contributed by atoms with Crippen LogP contribution in [0.1, 0.15) is 46.5 Å². The van der Waals surface area contributed by atoms with Gasteiger partial charge in [0.1, 0.15) is 0 Å². The van der Waals surface area contributed by atoms with Crippen LogP contribution in [0.5, 0.6) is 0 Å². The highest BCUT2D eigenvalue weighted by atomic mass is 35.5. The summed E-state index contributed by atoms with van der Waals surface area (Å²) >= 11 is 9.53. The van der Waals surface area contributed by atoms with Gasteiger partial charge in [-0.15, -0.1) is 23.2 Å². The molecule has 142 valence electrons. The van der Waals surface area contributed by atoms with Gasteiger partial charge in [-0.05, 0) is 5.54 Å². The van der Waals surface area contributed by atoms with Crippen molar-refractivity contribution in [2.75, 3.05) is 5.34 Å². The normalized spacial score (nSPS) is 19.2. The maximum absolute atomic E-state index is 10.6. The number of carbonyl (C=O) groups is 1. The Morgan fingerprint density at radius 1 is 1.17 bits per heavy atom. The zero-order valence-corrected chi connectivity index (χ0v) is 16.5. The van der Waals surface area contributed by atoms with Gasteiger partial charge < -0.3 is 10.6 Å². The van der Waals surface area contributed by atoms with Gasteiger partial charge >= 0.3 is 12.1 Å². The zero-order valence-electron chi connectivity index (χ0n) is 14.0. The molecule has 0 saturated carbocycles. The Hall–Kier alpha value is 0.0169. The van der Waals surface area contributed by atoms with Gasteiger partial charge in [0.2, 0.25) is 0 Å². The van der Waals surface area contributed by atoms with E-state index >= 15 is 0 Å². The van der Waals surface area contributed by atoms with Crippen molar-refractivity contribution in [1.29, 1.82) is 0 Å². The molecule has 0 aliphatic carbocycles. The third-order valence-corrected chi connectivity index (χ3v) is 11.1. The minimum atomic E-state index is -5.08. The van der Waals surface area contributed by atoms with Crippen LogP contribution in [0.25, 0.3) is 0 Å². The molecule has 0 aromatic carbocycles. The molecule has 1 rings (SSSR count). The average molecular weight is 401 g/mol. The van der Waals surface area contributed by atoms with Crippen LogP contribution in [0.15, 0.2) is 0 Å². The lowest BCUT2D eigenvalue weighted by atomic mass is 10.1. The van der Waals surface area contributed by atoms with E-state index in [-0.39, 0.29) is 10.8 Å². The lowest BCUT2D eigenvalue weighted by molar-refractivity contribution is -0.192. The van der Waals surface area contributed by atoms with Crippen molar-refractivity contribution in [1.82, 2.24) is 0 Å². The van der Waals surface area contributed by atoms with Gasteiger partial charge in [0.15, 0.2) is 0 Å². The molecular formula is C14H29Cl2F3O3Si. The van der Waals surface area contributed by atoms with Crippen LogP contribution in [0.3, 0.4) is 0 Å². The second-order valence-corrected chi connectivity index (χ2v) is 11.6. The van der Waals surface area contributed by atoms with E-state index < -0.39 is 20.2 Å². The van der Waals surface area contributed by atoms with Crippen molar-refractivity contribution in [2.45, 2.75) is 76.3 Å². The van der Waals surface area contributed by atoms with E-state index in [1.54, 1.807) is 31.0 Å². The van der Waals surface area contributed by atoms with Gasteiger partial charge in [0.25, 0.3) is 0 Å². The Balaban J connectivity index is -0.000000313. The van der Waals surface area contributed by atoms with Gasteiger partial charge in [0, 0.05) is 0 Å². The summed E-state index contributed by atoms with van der Waals surface area (Å²) in [6, 6.07) is 4.72. The number of rotatable bonds is 3. The highest BCUT2D eigenvalue weighted by molar-refractivity contribution is 6.81. The molecule has 0 aromatic heterocycles. The minimum Gasteiger partial charge on any atom is -0.475 e. The van der Waals surface area contributed by atoms with Crippen LogP contribution in [0, 0.1) is 0 Å². The summed E-state index contributed by atoms with van der Waals surface area (Å²) in [5.74, 6) is -2.76. The van der Waals surface area contributed by atoms with Crippen LogP contribution in [0.2, 0.25) is 23.7 Å². The van der Waals surface area contributed by atoms with Crippen molar-refractivity contribution in [3.05, 3.63) is 0 Å². The number of aliphatic carboxylic acids is 1. The summed E-state index contributed by atoms with van der Waals surface area (Å²) in [7, 11) is -0.760. The molecule has 0 aromatic rings. The van der Waals surface area contributed by atoms with E-state index in [1.165, 1.54) is 18.4 Å². The molecule has 1 fully saturated rings. The average Bonchev–Trinajstić information content (AvgIpc) is 2.47. The molecule has 0 radical (unpaired) electrons. The molecule has 1 unspecified atom stereocenters. The van der Waals surface area contributed by atoms with Crippen LogP contribution in [-0.2, 0) is 4.79 Å². The quantitative estimate of drug-likeness (QED) is 0.489. The lowest BCUT2D eigenvalue weighted by Crippen LogP contribution is -2.40. The second-order valence-electron chi connectivity index (χ2n) is 5.32. The molecule has 1 saturated heterocycles. The Bertz CT molecular complexity index is 301. The first kappa shape index (κ1) is 27.8. The number of halogens is 5. The summed E-state index contributed by atoms with van der Waals surface area (Å²) in [6.07, 6.45) is 1.01. The standard InChI is InChI=1S/C11H24Si.C2HF3O2.CH2Cl2.H2O/c1-4-11-9-7-8-10-12(11,5-2)6-3;3-2(4,5)1(6)7;2-1-3;/h11H,4-10H2,1-3H3;(H,6,7);1H2;1H2. The maximum Gasteiger partial charge on any atom is 0.490 e. The third-order valence-electron chi connectivity index (χ3n) is 4.49. The third kappa shape index (κ3) is 11.2. The number of carboxylic acids is 1. The molecule has 0 bridgehead atoms. The number of carboxylic acid groups (broad SMARTS) is 1. The predicted octanol–water partition coefficient (Wildman–Crippen LogP) is 5.67. The largest absolute Gasteiger partial charge is 0.490 e. The van der Waals surface area contributed by atoms with E-state index in [0.29, 0.717) is 0 Å². The van der Waals surface area contributed by atoms with Crippen LogP contribution < -0.4 is 0 Å². The first-order valence-electron chi connectivity index (χ1n) is 7.57. The SMILES string of the molecule is CCC1CCCC[Si]1(CC)CC.ClCCl.O.O=C(O)C(F)(F)F. The fourth-order valence-electron chi connectivity index (χ4n) is 3.20. The molecule has 23 heavy (non-hydrogen) atoms. The minimum absolute atomic E-state index is 0. The highest BCUT2D eigenvalue weighted by Crippen LogP contribution is 2.44. The molecular weight excluding hydrogens is 372 g/mol. The molecule has 1 aliphatic heterocycles. The highest BCUT2D eigenvalue weighted by Gasteiger charge is 2.38. The zero-order chi connectivity index (χ0) is 17.8. The van der Waals surface area contributed by atoms with E-state index in [1.807, 2.05) is 0 Å². The first-order valence-corrected chi connectivity index (χ1v) is 11.3. The predicted molar refractivity (Wildman–Crippen MR) is 93.3 cm³/mol. The summed E-state index contributed by atoms with van der Waals surface area (Å²) < 4.78 is 31.7. The van der Waals surface area contributed by atoms with Gasteiger partial charge in [-0.1, -0.05) is 64.6 Å². The molecule has 9 heteroatoms. The van der Waals surface area contributed by atoms with Gasteiger partial charge in [-0.3, -0.25) is 0 Å². The van der Waals surface area contributed by atoms with Crippen molar-refractivity contribution in [2.24, 2.45) is 0 Å². The molecule has 1 aliphatic rings. The summed E-state index contributed by atoms with van der Waals surface area (Å²) in [5, 5.41) is 7.32. The monoisotopic (exact) mass is 400 g/mol. The molecule has 3 N–H and O–H groups in total. The molecule has 3 nitrogen and oxygen atoms in total.